The number of aliphatic imine (C=N–C) groups is 1. The Kier molecular flexibility index (Phi) is 5.13. The van der Waals surface area contributed by atoms with E-state index < -0.39 is 4.92 Å². The molecule has 2 fully saturated rings. The number of hydrogen-bond donors (Lipinski definition) is 2. The van der Waals surface area contributed by atoms with Crippen LogP contribution in [0.2, 0.25) is 0 Å². The van der Waals surface area contributed by atoms with Crippen molar-refractivity contribution in [1.29, 1.82) is 0 Å². The van der Waals surface area contributed by atoms with Crippen LogP contribution in [-0.4, -0.2) is 51.5 Å². The lowest BCUT2D eigenvalue weighted by atomic mass is 9.73. The molecule has 2 aliphatic heterocycles. The molecule has 8 nitrogen and oxygen atoms in total. The van der Waals surface area contributed by atoms with Gasteiger partial charge in [0.2, 0.25) is 0 Å². The molecule has 0 bridgehead atoms. The Bertz CT molecular complexity index is 745. The molecule has 0 unspecified atom stereocenters. The van der Waals surface area contributed by atoms with Gasteiger partial charge in [-0.05, 0) is 18.3 Å². The first-order chi connectivity index (χ1) is 12.5. The first-order valence-electron chi connectivity index (χ1n) is 8.70. The third-order valence-corrected chi connectivity index (χ3v) is 5.42. The third-order valence-electron chi connectivity index (χ3n) is 5.42. The Morgan fingerprint density at radius 1 is 1.42 bits per heavy atom. The third kappa shape index (κ3) is 3.24. The average molecular weight is 359 g/mol. The van der Waals surface area contributed by atoms with E-state index in [1.54, 1.807) is 19.3 Å². The Morgan fingerprint density at radius 2 is 2.12 bits per heavy atom. The number of ether oxygens (including phenoxy) is 1. The van der Waals surface area contributed by atoms with Gasteiger partial charge in [0.1, 0.15) is 0 Å². The largest absolute Gasteiger partial charge is 0.490 e. The summed E-state index contributed by atoms with van der Waals surface area (Å²) in [6.07, 6.45) is 5.25. The van der Waals surface area contributed by atoms with Gasteiger partial charge in [-0.25, -0.2) is 0 Å². The highest BCUT2D eigenvalue weighted by atomic mass is 16.6. The number of nitrogens with one attached hydrogen (secondary N) is 1. The van der Waals surface area contributed by atoms with Gasteiger partial charge >= 0.3 is 5.69 Å². The molecule has 26 heavy (non-hydrogen) atoms. The molecule has 0 amide bonds. The number of allylic oxidation sites excluding steroid dienone is 1. The van der Waals surface area contributed by atoms with Crippen LogP contribution in [0.3, 0.4) is 0 Å². The molecule has 1 aromatic rings. The van der Waals surface area contributed by atoms with Gasteiger partial charge in [0.05, 0.1) is 12.0 Å². The molecule has 1 spiro atoms. The van der Waals surface area contributed by atoms with Crippen molar-refractivity contribution in [2.24, 2.45) is 16.1 Å². The van der Waals surface area contributed by atoms with E-state index in [9.17, 15) is 10.1 Å². The van der Waals surface area contributed by atoms with Gasteiger partial charge in [0.15, 0.2) is 5.75 Å². The molecule has 3 rings (SSSR count). The zero-order valence-corrected chi connectivity index (χ0v) is 15.2. The maximum absolute atomic E-state index is 11.4. The highest BCUT2D eigenvalue weighted by Gasteiger charge is 2.40. The van der Waals surface area contributed by atoms with Gasteiger partial charge in [0, 0.05) is 74.6 Å². The molecule has 0 aromatic heterocycles. The maximum atomic E-state index is 11.4. The highest BCUT2D eigenvalue weighted by Crippen LogP contribution is 2.41. The van der Waals surface area contributed by atoms with Crippen molar-refractivity contribution in [1.82, 2.24) is 5.32 Å². The van der Waals surface area contributed by atoms with Crippen LogP contribution in [0.1, 0.15) is 18.4 Å². The number of nitrogens with two attached hydrogens (primary N) is 1. The summed E-state index contributed by atoms with van der Waals surface area (Å²) in [5, 5.41) is 14.8. The van der Waals surface area contributed by atoms with Gasteiger partial charge < -0.3 is 20.7 Å². The van der Waals surface area contributed by atoms with Crippen molar-refractivity contribution in [2.75, 3.05) is 45.2 Å². The molecule has 0 aliphatic carbocycles. The molecule has 0 radical (unpaired) electrons. The maximum Gasteiger partial charge on any atom is 0.311 e. The molecule has 1 aromatic carbocycles. The Labute approximate surface area is 152 Å². The van der Waals surface area contributed by atoms with E-state index in [0.29, 0.717) is 16.6 Å². The molecule has 8 heteroatoms. The highest BCUT2D eigenvalue weighted by molar-refractivity contribution is 6.12. The fraction of sp³-hybridized carbons (Fsp3) is 0.500. The van der Waals surface area contributed by atoms with Crippen LogP contribution in [0.25, 0.3) is 5.57 Å². The van der Waals surface area contributed by atoms with Gasteiger partial charge in [-0.15, -0.1) is 0 Å². The number of piperidine rings is 1. The molecular formula is C18H25N5O3. The van der Waals surface area contributed by atoms with Crippen LogP contribution in [0.5, 0.6) is 5.75 Å². The van der Waals surface area contributed by atoms with E-state index in [2.05, 4.69) is 15.2 Å². The lowest BCUT2D eigenvalue weighted by Crippen LogP contribution is -2.58. The second-order valence-electron chi connectivity index (χ2n) is 6.90. The van der Waals surface area contributed by atoms with Crippen LogP contribution in [-0.2, 0) is 0 Å². The summed E-state index contributed by atoms with van der Waals surface area (Å²) in [6.45, 7) is 3.95. The summed E-state index contributed by atoms with van der Waals surface area (Å²) in [5.41, 5.74) is 8.37. The number of benzene rings is 1. The number of anilines is 1. The Balaban J connectivity index is 2.02. The number of nitro groups is 1. The van der Waals surface area contributed by atoms with Gasteiger partial charge in [-0.2, -0.15) is 0 Å². The molecule has 140 valence electrons. The predicted molar refractivity (Wildman–Crippen MR) is 103 cm³/mol. The minimum Gasteiger partial charge on any atom is -0.490 e. The number of nitro benzene ring substituents is 1. The number of nitrogens with zero attached hydrogens (tertiary/aromatic N) is 3. The van der Waals surface area contributed by atoms with Crippen LogP contribution in [0, 0.1) is 15.5 Å². The topological polar surface area (TPSA) is 106 Å². The molecule has 0 atom stereocenters. The summed E-state index contributed by atoms with van der Waals surface area (Å²) < 4.78 is 5.28. The van der Waals surface area contributed by atoms with Crippen molar-refractivity contribution in [3.63, 3.8) is 0 Å². The monoisotopic (exact) mass is 359 g/mol. The zero-order chi connectivity index (χ0) is 18.7. The van der Waals surface area contributed by atoms with Gasteiger partial charge in [0.25, 0.3) is 0 Å². The number of rotatable bonds is 5. The van der Waals surface area contributed by atoms with Crippen molar-refractivity contribution >= 4 is 23.2 Å². The predicted octanol–water partition coefficient (Wildman–Crippen LogP) is 1.79. The second-order valence-corrected chi connectivity index (χ2v) is 6.90. The van der Waals surface area contributed by atoms with E-state index >= 15 is 0 Å². The van der Waals surface area contributed by atoms with Crippen LogP contribution in [0.15, 0.2) is 23.3 Å². The Hall–Kier alpha value is -2.61. The fourth-order valence-electron chi connectivity index (χ4n) is 3.75. The minimum atomic E-state index is -0.436. The SMILES string of the molecule is CN=C/C(=C\N)c1cc([N+](=O)[O-])c(OC)cc1N1CCC2(CC1)CNC2. The zero-order valence-electron chi connectivity index (χ0n) is 15.2. The van der Waals surface area contributed by atoms with Gasteiger partial charge in [-0.3, -0.25) is 15.1 Å². The van der Waals surface area contributed by atoms with Crippen molar-refractivity contribution < 1.29 is 9.66 Å². The standard InChI is InChI=1S/C18H25N5O3/c1-20-10-13(9-19)14-7-16(23(24)25)17(26-2)8-15(14)22-5-3-18(4-6-22)11-21-12-18/h7-10,21H,3-6,11-12,19H2,1-2H3/b13-9+,20-10?. The molecule has 2 heterocycles. The van der Waals surface area contributed by atoms with Crippen molar-refractivity contribution in [3.8, 4) is 5.75 Å². The van der Waals surface area contributed by atoms with Crippen LogP contribution < -0.4 is 20.7 Å². The quantitative estimate of drug-likeness (QED) is 0.472. The fourth-order valence-corrected chi connectivity index (χ4v) is 3.75. The summed E-state index contributed by atoms with van der Waals surface area (Å²) in [7, 11) is 3.10. The van der Waals surface area contributed by atoms with E-state index in [-0.39, 0.29) is 11.4 Å². The molecule has 0 saturated carbocycles. The minimum absolute atomic E-state index is 0.0771. The molecular weight excluding hydrogens is 334 g/mol. The molecule has 3 N–H and O–H groups in total. The van der Waals surface area contributed by atoms with Crippen molar-refractivity contribution in [2.45, 2.75) is 12.8 Å². The summed E-state index contributed by atoms with van der Waals surface area (Å²) in [5.74, 6) is 0.254. The number of hydrogen-bond acceptors (Lipinski definition) is 7. The van der Waals surface area contributed by atoms with E-state index in [1.807, 2.05) is 0 Å². The van der Waals surface area contributed by atoms with E-state index in [4.69, 9.17) is 10.5 Å². The smallest absolute Gasteiger partial charge is 0.311 e. The van der Waals surface area contributed by atoms with Crippen LogP contribution >= 0.6 is 0 Å². The molecule has 2 aliphatic rings. The second kappa shape index (κ2) is 7.33. The first-order valence-corrected chi connectivity index (χ1v) is 8.70. The Morgan fingerprint density at radius 3 is 2.58 bits per heavy atom. The van der Waals surface area contributed by atoms with Crippen LogP contribution in [0.4, 0.5) is 11.4 Å². The lowest BCUT2D eigenvalue weighted by Gasteiger charge is -2.49. The summed E-state index contributed by atoms with van der Waals surface area (Å²) in [4.78, 5) is 17.3. The summed E-state index contributed by atoms with van der Waals surface area (Å²) in [6, 6.07) is 3.28. The average Bonchev–Trinajstić information content (AvgIpc) is 2.64. The lowest BCUT2D eigenvalue weighted by molar-refractivity contribution is -0.385. The van der Waals surface area contributed by atoms with E-state index in [1.165, 1.54) is 19.4 Å². The first kappa shape index (κ1) is 18.2. The van der Waals surface area contributed by atoms with Gasteiger partial charge in [-0.1, -0.05) is 0 Å². The summed E-state index contributed by atoms with van der Waals surface area (Å²) >= 11 is 0. The van der Waals surface area contributed by atoms with Crippen molar-refractivity contribution in [3.05, 3.63) is 34.0 Å². The molecule has 2 saturated heterocycles. The normalized spacial score (nSPS) is 19.6. The van der Waals surface area contributed by atoms with E-state index in [0.717, 1.165) is 44.7 Å². The number of methoxy groups -OCH3 is 1.